The Hall–Kier alpha value is -2.94. The number of nitrogens with one attached hydrogen (secondary N) is 2. The van der Waals surface area contributed by atoms with Gasteiger partial charge in [-0.15, -0.1) is 0 Å². The van der Waals surface area contributed by atoms with Gasteiger partial charge >= 0.3 is 0 Å². The SMILES string of the molecule is O=C(NCc1cc(Cl)cc(Cl)c1)c1cc(Cl)ccc1NS(=O)(=O)c1ccc(Oc2ccccc2Cl)cc1. The highest BCUT2D eigenvalue weighted by Gasteiger charge is 2.20. The van der Waals surface area contributed by atoms with Crippen LogP contribution < -0.4 is 14.8 Å². The lowest BCUT2D eigenvalue weighted by molar-refractivity contribution is 0.0952. The quantitative estimate of drug-likeness (QED) is 0.217. The number of hydrogen-bond donors (Lipinski definition) is 2. The molecule has 37 heavy (non-hydrogen) atoms. The first-order valence-electron chi connectivity index (χ1n) is 10.7. The van der Waals surface area contributed by atoms with Crippen LogP contribution in [0.1, 0.15) is 15.9 Å². The number of hydrogen-bond acceptors (Lipinski definition) is 4. The van der Waals surface area contributed by atoms with Crippen molar-refractivity contribution in [1.29, 1.82) is 0 Å². The van der Waals surface area contributed by atoms with Crippen molar-refractivity contribution in [2.75, 3.05) is 4.72 Å². The second-order valence-corrected chi connectivity index (χ2v) is 11.2. The number of anilines is 1. The molecular weight excluding hydrogens is 578 g/mol. The van der Waals surface area contributed by atoms with Gasteiger partial charge in [0, 0.05) is 21.6 Å². The lowest BCUT2D eigenvalue weighted by Crippen LogP contribution is -2.25. The summed E-state index contributed by atoms with van der Waals surface area (Å²) in [6, 6.07) is 21.9. The third-order valence-electron chi connectivity index (χ3n) is 5.04. The van der Waals surface area contributed by atoms with Gasteiger partial charge in [0.15, 0.2) is 0 Å². The fourth-order valence-electron chi connectivity index (χ4n) is 3.33. The highest BCUT2D eigenvalue weighted by Crippen LogP contribution is 2.30. The molecular formula is C26H18Cl4N2O4S. The third kappa shape index (κ3) is 7.09. The van der Waals surface area contributed by atoms with Crippen LogP contribution in [0.25, 0.3) is 0 Å². The molecule has 0 atom stereocenters. The molecule has 4 rings (SSSR count). The molecule has 0 unspecified atom stereocenters. The van der Waals surface area contributed by atoms with E-state index < -0.39 is 15.9 Å². The van der Waals surface area contributed by atoms with Gasteiger partial charge in [0.1, 0.15) is 11.5 Å². The average molecular weight is 596 g/mol. The van der Waals surface area contributed by atoms with Crippen LogP contribution in [0.4, 0.5) is 5.69 Å². The first-order valence-corrected chi connectivity index (χ1v) is 13.7. The van der Waals surface area contributed by atoms with Crippen LogP contribution in [-0.2, 0) is 16.6 Å². The van der Waals surface area contributed by atoms with Crippen LogP contribution in [0.15, 0.2) is 89.8 Å². The van der Waals surface area contributed by atoms with E-state index in [0.717, 1.165) is 0 Å². The maximum absolute atomic E-state index is 13.1. The Morgan fingerprint density at radius 1 is 0.784 bits per heavy atom. The number of carbonyl (C=O) groups excluding carboxylic acids is 1. The van der Waals surface area contributed by atoms with Crippen LogP contribution in [0, 0.1) is 0 Å². The van der Waals surface area contributed by atoms with Gasteiger partial charge in [-0.2, -0.15) is 0 Å². The van der Waals surface area contributed by atoms with Crippen molar-refractivity contribution >= 4 is 68.0 Å². The Kier molecular flexibility index (Phi) is 8.52. The summed E-state index contributed by atoms with van der Waals surface area (Å²) in [5.41, 5.74) is 0.777. The molecule has 11 heteroatoms. The number of rotatable bonds is 8. The first kappa shape index (κ1) is 27.1. The Labute approximate surface area is 234 Å². The highest BCUT2D eigenvalue weighted by molar-refractivity contribution is 7.92. The second-order valence-electron chi connectivity index (χ2n) is 7.76. The van der Waals surface area contributed by atoms with E-state index in [2.05, 4.69) is 10.0 Å². The summed E-state index contributed by atoms with van der Waals surface area (Å²) >= 11 is 24.2. The van der Waals surface area contributed by atoms with E-state index in [1.54, 1.807) is 42.5 Å². The van der Waals surface area contributed by atoms with E-state index in [1.165, 1.54) is 42.5 Å². The summed E-state index contributed by atoms with van der Waals surface area (Å²) in [4.78, 5) is 12.9. The van der Waals surface area contributed by atoms with Gasteiger partial charge in [0.05, 0.1) is 21.2 Å². The number of carbonyl (C=O) groups is 1. The number of amides is 1. The van der Waals surface area contributed by atoms with Crippen LogP contribution in [0.3, 0.4) is 0 Å². The summed E-state index contributed by atoms with van der Waals surface area (Å²) in [5, 5.41) is 4.26. The lowest BCUT2D eigenvalue weighted by atomic mass is 10.1. The van der Waals surface area contributed by atoms with Gasteiger partial charge in [-0.1, -0.05) is 58.5 Å². The van der Waals surface area contributed by atoms with E-state index in [9.17, 15) is 13.2 Å². The molecule has 0 aliphatic rings. The second kappa shape index (κ2) is 11.6. The fourth-order valence-corrected chi connectivity index (χ4v) is 5.33. The summed E-state index contributed by atoms with van der Waals surface area (Å²) in [6.07, 6.45) is 0. The van der Waals surface area contributed by atoms with Gasteiger partial charge in [-0.05, 0) is 78.4 Å². The first-order chi connectivity index (χ1) is 17.6. The molecule has 0 aliphatic carbocycles. The molecule has 0 fully saturated rings. The van der Waals surface area contributed by atoms with Crippen molar-refractivity contribution in [3.8, 4) is 11.5 Å². The minimum absolute atomic E-state index is 0.0334. The third-order valence-corrected chi connectivity index (χ3v) is 7.41. The molecule has 1 amide bonds. The Morgan fingerprint density at radius 2 is 1.46 bits per heavy atom. The molecule has 0 aliphatic heterocycles. The molecule has 4 aromatic rings. The van der Waals surface area contributed by atoms with Crippen LogP contribution in [0.2, 0.25) is 20.1 Å². The minimum atomic E-state index is -4.05. The zero-order valence-electron chi connectivity index (χ0n) is 18.8. The molecule has 0 spiro atoms. The summed E-state index contributed by atoms with van der Waals surface area (Å²) < 4.78 is 34.3. The number of halogens is 4. The zero-order chi connectivity index (χ0) is 26.6. The number of sulfonamides is 1. The van der Waals surface area contributed by atoms with Crippen molar-refractivity contribution in [2.24, 2.45) is 0 Å². The minimum Gasteiger partial charge on any atom is -0.456 e. The maximum atomic E-state index is 13.1. The van der Waals surface area contributed by atoms with Crippen LogP contribution in [-0.4, -0.2) is 14.3 Å². The molecule has 2 N–H and O–H groups in total. The normalized spacial score (nSPS) is 11.1. The Balaban J connectivity index is 1.51. The molecule has 0 heterocycles. The van der Waals surface area contributed by atoms with Crippen LogP contribution in [0.5, 0.6) is 11.5 Å². The van der Waals surface area contributed by atoms with E-state index in [0.29, 0.717) is 32.1 Å². The number of ether oxygens (including phenoxy) is 1. The zero-order valence-corrected chi connectivity index (χ0v) is 22.7. The highest BCUT2D eigenvalue weighted by atomic mass is 35.5. The van der Waals surface area contributed by atoms with E-state index >= 15 is 0 Å². The monoisotopic (exact) mass is 594 g/mol. The fraction of sp³-hybridized carbons (Fsp3) is 0.0385. The molecule has 190 valence electrons. The topological polar surface area (TPSA) is 84.5 Å². The summed E-state index contributed by atoms with van der Waals surface area (Å²) in [6.45, 7) is 0.116. The number of para-hydroxylation sites is 1. The predicted molar refractivity (Wildman–Crippen MR) is 148 cm³/mol. The van der Waals surface area contributed by atoms with Gasteiger partial charge < -0.3 is 10.1 Å². The molecule has 4 aromatic carbocycles. The molecule has 0 saturated heterocycles. The molecule has 0 saturated carbocycles. The number of benzene rings is 4. The van der Waals surface area contributed by atoms with Gasteiger partial charge in [-0.25, -0.2) is 8.42 Å². The van der Waals surface area contributed by atoms with E-state index in [4.69, 9.17) is 51.1 Å². The van der Waals surface area contributed by atoms with Gasteiger partial charge in [0.2, 0.25) is 0 Å². The summed E-state index contributed by atoms with van der Waals surface area (Å²) in [5.74, 6) is 0.300. The average Bonchev–Trinajstić information content (AvgIpc) is 2.85. The largest absolute Gasteiger partial charge is 0.456 e. The smallest absolute Gasteiger partial charge is 0.261 e. The van der Waals surface area contributed by atoms with Crippen molar-refractivity contribution in [1.82, 2.24) is 5.32 Å². The van der Waals surface area contributed by atoms with E-state index in [1.807, 2.05) is 0 Å². The Bertz CT molecular complexity index is 1540. The lowest BCUT2D eigenvalue weighted by Gasteiger charge is -2.14. The molecule has 0 bridgehead atoms. The van der Waals surface area contributed by atoms with Crippen molar-refractivity contribution in [2.45, 2.75) is 11.4 Å². The van der Waals surface area contributed by atoms with Gasteiger partial charge in [0.25, 0.3) is 15.9 Å². The molecule has 0 radical (unpaired) electrons. The maximum Gasteiger partial charge on any atom is 0.261 e. The van der Waals surface area contributed by atoms with Crippen LogP contribution >= 0.6 is 46.4 Å². The van der Waals surface area contributed by atoms with E-state index in [-0.39, 0.29) is 27.7 Å². The van der Waals surface area contributed by atoms with Gasteiger partial charge in [-0.3, -0.25) is 9.52 Å². The summed E-state index contributed by atoms with van der Waals surface area (Å²) in [7, 11) is -4.05. The molecule has 6 nitrogen and oxygen atoms in total. The molecule has 0 aromatic heterocycles. The standard InChI is InChI=1S/C26H18Cl4N2O4S/c27-17-5-10-24(22(14-17)26(33)31-15-16-11-18(28)13-19(29)12-16)32-37(34,35)21-8-6-20(7-9-21)36-25-4-2-1-3-23(25)30/h1-14,32H,15H2,(H,31,33). The predicted octanol–water partition coefficient (Wildman–Crippen LogP) is 7.82. The van der Waals surface area contributed by atoms with Crippen molar-refractivity contribution in [3.05, 3.63) is 116 Å². The van der Waals surface area contributed by atoms with Crippen molar-refractivity contribution < 1.29 is 17.9 Å². The Morgan fingerprint density at radius 3 is 2.14 bits per heavy atom. The van der Waals surface area contributed by atoms with Crippen molar-refractivity contribution in [3.63, 3.8) is 0 Å².